The Morgan fingerprint density at radius 2 is 2.31 bits per heavy atom. The molecular formula is C13H26N2O. The van der Waals surface area contributed by atoms with Crippen LogP contribution in [0.2, 0.25) is 0 Å². The highest BCUT2D eigenvalue weighted by Crippen LogP contribution is 2.25. The van der Waals surface area contributed by atoms with Gasteiger partial charge >= 0.3 is 0 Å². The van der Waals surface area contributed by atoms with Gasteiger partial charge in [0.15, 0.2) is 0 Å². The monoisotopic (exact) mass is 226 g/mol. The number of rotatable bonds is 4. The fraction of sp³-hybridized carbons (Fsp3) is 1.00. The van der Waals surface area contributed by atoms with Gasteiger partial charge in [-0.3, -0.25) is 0 Å². The summed E-state index contributed by atoms with van der Waals surface area (Å²) in [6.07, 6.45) is 5.34. The molecule has 0 amide bonds. The second-order valence-corrected chi connectivity index (χ2v) is 5.54. The van der Waals surface area contributed by atoms with Crippen molar-refractivity contribution in [3.8, 4) is 0 Å². The standard InChI is InChI=1S/C13H26N2O/c1-10-4-3-5-13(10)15-11(2)8-12-9-16-7-6-14-12/h10-15H,3-9H2,1-2H3. The second kappa shape index (κ2) is 5.99. The van der Waals surface area contributed by atoms with E-state index in [0.29, 0.717) is 12.1 Å². The predicted octanol–water partition coefficient (Wildman–Crippen LogP) is 1.53. The molecule has 1 heterocycles. The van der Waals surface area contributed by atoms with Gasteiger partial charge in [0.05, 0.1) is 13.2 Å². The van der Waals surface area contributed by atoms with Crippen LogP contribution >= 0.6 is 0 Å². The van der Waals surface area contributed by atoms with Gasteiger partial charge in [-0.1, -0.05) is 13.3 Å². The SMILES string of the molecule is CC(CC1COCCN1)NC1CCCC1C. The molecule has 2 rings (SSSR count). The van der Waals surface area contributed by atoms with Crippen LogP contribution in [0.1, 0.15) is 39.5 Å². The molecule has 2 aliphatic rings. The summed E-state index contributed by atoms with van der Waals surface area (Å²) in [6, 6.07) is 1.90. The number of hydrogen-bond acceptors (Lipinski definition) is 3. The summed E-state index contributed by atoms with van der Waals surface area (Å²) in [5.41, 5.74) is 0. The first-order valence-electron chi connectivity index (χ1n) is 6.83. The van der Waals surface area contributed by atoms with Crippen molar-refractivity contribution in [1.82, 2.24) is 10.6 Å². The first kappa shape index (κ1) is 12.3. The van der Waals surface area contributed by atoms with E-state index in [0.717, 1.165) is 31.7 Å². The first-order chi connectivity index (χ1) is 7.75. The van der Waals surface area contributed by atoms with Crippen LogP contribution in [0.15, 0.2) is 0 Å². The second-order valence-electron chi connectivity index (χ2n) is 5.54. The summed E-state index contributed by atoms with van der Waals surface area (Å²) in [7, 11) is 0. The van der Waals surface area contributed by atoms with E-state index in [4.69, 9.17) is 4.74 Å². The van der Waals surface area contributed by atoms with E-state index >= 15 is 0 Å². The molecule has 0 aromatic rings. The van der Waals surface area contributed by atoms with Gasteiger partial charge in [0.1, 0.15) is 0 Å². The van der Waals surface area contributed by atoms with Crippen molar-refractivity contribution in [2.45, 2.75) is 57.7 Å². The maximum absolute atomic E-state index is 5.48. The van der Waals surface area contributed by atoms with E-state index in [-0.39, 0.29) is 0 Å². The molecule has 4 unspecified atom stereocenters. The van der Waals surface area contributed by atoms with Crippen molar-refractivity contribution in [3.63, 3.8) is 0 Å². The lowest BCUT2D eigenvalue weighted by Crippen LogP contribution is -2.47. The van der Waals surface area contributed by atoms with Gasteiger partial charge in [-0.05, 0) is 32.1 Å². The molecule has 1 aliphatic carbocycles. The Labute approximate surface area is 99.3 Å². The molecule has 16 heavy (non-hydrogen) atoms. The van der Waals surface area contributed by atoms with Crippen molar-refractivity contribution in [2.24, 2.45) is 5.92 Å². The molecule has 1 saturated carbocycles. The lowest BCUT2D eigenvalue weighted by Gasteiger charge is -2.29. The van der Waals surface area contributed by atoms with Crippen molar-refractivity contribution < 1.29 is 4.74 Å². The van der Waals surface area contributed by atoms with Gasteiger partial charge < -0.3 is 15.4 Å². The van der Waals surface area contributed by atoms with Crippen LogP contribution in [0.4, 0.5) is 0 Å². The normalized spacial score (nSPS) is 37.5. The average Bonchev–Trinajstić information content (AvgIpc) is 2.66. The average molecular weight is 226 g/mol. The molecule has 2 fully saturated rings. The predicted molar refractivity (Wildman–Crippen MR) is 66.6 cm³/mol. The minimum Gasteiger partial charge on any atom is -0.379 e. The molecule has 3 nitrogen and oxygen atoms in total. The summed E-state index contributed by atoms with van der Waals surface area (Å²) < 4.78 is 5.48. The molecule has 3 heteroatoms. The molecule has 0 spiro atoms. The van der Waals surface area contributed by atoms with E-state index in [1.807, 2.05) is 0 Å². The summed E-state index contributed by atoms with van der Waals surface area (Å²) in [6.45, 7) is 7.45. The zero-order chi connectivity index (χ0) is 11.4. The number of morpholine rings is 1. The Bertz CT molecular complexity index is 204. The smallest absolute Gasteiger partial charge is 0.0620 e. The van der Waals surface area contributed by atoms with Gasteiger partial charge in [0.25, 0.3) is 0 Å². The number of nitrogens with one attached hydrogen (secondary N) is 2. The Hall–Kier alpha value is -0.120. The Kier molecular flexibility index (Phi) is 4.62. The summed E-state index contributed by atoms with van der Waals surface area (Å²) in [5.74, 6) is 0.859. The first-order valence-corrected chi connectivity index (χ1v) is 6.83. The zero-order valence-electron chi connectivity index (χ0n) is 10.7. The molecule has 0 radical (unpaired) electrons. The van der Waals surface area contributed by atoms with Crippen LogP contribution in [0, 0.1) is 5.92 Å². The van der Waals surface area contributed by atoms with Crippen LogP contribution < -0.4 is 10.6 Å². The fourth-order valence-electron chi connectivity index (χ4n) is 3.02. The van der Waals surface area contributed by atoms with Crippen LogP contribution in [0.5, 0.6) is 0 Å². The molecule has 2 N–H and O–H groups in total. The van der Waals surface area contributed by atoms with E-state index in [1.54, 1.807) is 0 Å². The Morgan fingerprint density at radius 3 is 2.94 bits per heavy atom. The highest BCUT2D eigenvalue weighted by molar-refractivity contribution is 4.84. The lowest BCUT2D eigenvalue weighted by atomic mass is 10.0. The molecule has 1 aliphatic heterocycles. The molecule has 0 aromatic heterocycles. The topological polar surface area (TPSA) is 33.3 Å². The van der Waals surface area contributed by atoms with E-state index < -0.39 is 0 Å². The van der Waals surface area contributed by atoms with Crippen molar-refractivity contribution in [3.05, 3.63) is 0 Å². The van der Waals surface area contributed by atoms with E-state index in [9.17, 15) is 0 Å². The molecule has 0 bridgehead atoms. The molecule has 1 saturated heterocycles. The van der Waals surface area contributed by atoms with Gasteiger partial charge in [-0.15, -0.1) is 0 Å². The maximum atomic E-state index is 5.48. The zero-order valence-corrected chi connectivity index (χ0v) is 10.7. The van der Waals surface area contributed by atoms with E-state index in [1.165, 1.54) is 25.7 Å². The van der Waals surface area contributed by atoms with Crippen LogP contribution in [-0.2, 0) is 4.74 Å². The highest BCUT2D eigenvalue weighted by Gasteiger charge is 2.25. The van der Waals surface area contributed by atoms with Crippen LogP contribution in [0.25, 0.3) is 0 Å². The van der Waals surface area contributed by atoms with Crippen molar-refractivity contribution in [2.75, 3.05) is 19.8 Å². The minimum atomic E-state index is 0.549. The van der Waals surface area contributed by atoms with Gasteiger partial charge in [-0.2, -0.15) is 0 Å². The van der Waals surface area contributed by atoms with E-state index in [2.05, 4.69) is 24.5 Å². The third-order valence-corrected chi connectivity index (χ3v) is 4.00. The number of hydrogen-bond donors (Lipinski definition) is 2. The van der Waals surface area contributed by atoms with Crippen LogP contribution in [0.3, 0.4) is 0 Å². The molecule has 94 valence electrons. The van der Waals surface area contributed by atoms with Gasteiger partial charge in [0, 0.05) is 24.7 Å². The summed E-state index contributed by atoms with van der Waals surface area (Å²) >= 11 is 0. The number of ether oxygens (including phenoxy) is 1. The van der Waals surface area contributed by atoms with Gasteiger partial charge in [0.2, 0.25) is 0 Å². The van der Waals surface area contributed by atoms with Crippen molar-refractivity contribution >= 4 is 0 Å². The minimum absolute atomic E-state index is 0.549. The third-order valence-electron chi connectivity index (χ3n) is 4.00. The van der Waals surface area contributed by atoms with Crippen molar-refractivity contribution in [1.29, 1.82) is 0 Å². The highest BCUT2D eigenvalue weighted by atomic mass is 16.5. The molecule has 0 aromatic carbocycles. The van der Waals surface area contributed by atoms with Gasteiger partial charge in [-0.25, -0.2) is 0 Å². The third kappa shape index (κ3) is 3.44. The quantitative estimate of drug-likeness (QED) is 0.763. The molecular weight excluding hydrogens is 200 g/mol. The Morgan fingerprint density at radius 1 is 1.44 bits per heavy atom. The summed E-state index contributed by atoms with van der Waals surface area (Å²) in [4.78, 5) is 0. The largest absolute Gasteiger partial charge is 0.379 e. The maximum Gasteiger partial charge on any atom is 0.0620 e. The summed E-state index contributed by atoms with van der Waals surface area (Å²) in [5, 5.41) is 7.30. The lowest BCUT2D eigenvalue weighted by molar-refractivity contribution is 0.0705. The fourth-order valence-corrected chi connectivity index (χ4v) is 3.02. The molecule has 4 atom stereocenters. The Balaban J connectivity index is 1.68. The van der Waals surface area contributed by atoms with Crippen LogP contribution in [-0.4, -0.2) is 37.9 Å².